The van der Waals surface area contributed by atoms with Crippen molar-refractivity contribution in [2.24, 2.45) is 0 Å². The topological polar surface area (TPSA) is 72.7 Å². The van der Waals surface area contributed by atoms with Crippen molar-refractivity contribution in [1.29, 1.82) is 0 Å². The van der Waals surface area contributed by atoms with Gasteiger partial charge in [-0.25, -0.2) is 14.6 Å². The predicted octanol–water partition coefficient (Wildman–Crippen LogP) is 5.41. The number of anilines is 1. The number of fused-ring (bicyclic) bond motifs is 3. The van der Waals surface area contributed by atoms with E-state index in [0.29, 0.717) is 5.75 Å². The summed E-state index contributed by atoms with van der Waals surface area (Å²) in [5.74, 6) is 0.242. The number of nitrogens with zero attached hydrogens (tertiary/aromatic N) is 4. The van der Waals surface area contributed by atoms with Crippen LogP contribution in [0.25, 0.3) is 15.9 Å². The van der Waals surface area contributed by atoms with Gasteiger partial charge in [-0.15, -0.1) is 11.3 Å². The van der Waals surface area contributed by atoms with Crippen molar-refractivity contribution in [1.82, 2.24) is 19.7 Å². The Hall–Kier alpha value is -2.71. The maximum absolute atomic E-state index is 12.8. The van der Waals surface area contributed by atoms with Gasteiger partial charge in [0, 0.05) is 10.3 Å². The van der Waals surface area contributed by atoms with Crippen LogP contribution in [-0.2, 0) is 17.6 Å². The first-order chi connectivity index (χ1) is 15.5. The number of aromatic nitrogens is 4. The molecule has 0 fully saturated rings. The van der Waals surface area contributed by atoms with Gasteiger partial charge in [0.25, 0.3) is 0 Å². The molecular weight excluding hydrogens is 438 g/mol. The number of nitrogens with one attached hydrogen (secondary N) is 1. The third kappa shape index (κ3) is 3.93. The average Bonchev–Trinajstić information content (AvgIpc) is 3.31. The van der Waals surface area contributed by atoms with Gasteiger partial charge in [0.15, 0.2) is 0 Å². The van der Waals surface area contributed by atoms with E-state index in [4.69, 9.17) is 0 Å². The molecule has 3 aromatic heterocycles. The summed E-state index contributed by atoms with van der Waals surface area (Å²) in [6.45, 7) is 5.96. The third-order valence-corrected chi connectivity index (χ3v) is 8.08. The molecule has 1 aliphatic rings. The number of rotatable bonds is 5. The van der Waals surface area contributed by atoms with Crippen molar-refractivity contribution >= 4 is 44.9 Å². The van der Waals surface area contributed by atoms with Gasteiger partial charge in [-0.05, 0) is 64.2 Å². The molecule has 0 unspecified atom stereocenters. The number of carbonyl (C=O) groups is 1. The summed E-state index contributed by atoms with van der Waals surface area (Å²) in [5.41, 5.74) is 6.07. The molecule has 8 heteroatoms. The van der Waals surface area contributed by atoms with Crippen molar-refractivity contribution in [3.63, 3.8) is 0 Å². The Labute approximate surface area is 195 Å². The average molecular weight is 464 g/mol. The molecule has 0 atom stereocenters. The number of thioether (sulfide) groups is 1. The minimum Gasteiger partial charge on any atom is -0.322 e. The van der Waals surface area contributed by atoms with Crippen LogP contribution in [0.3, 0.4) is 0 Å². The van der Waals surface area contributed by atoms with E-state index < -0.39 is 0 Å². The van der Waals surface area contributed by atoms with Gasteiger partial charge in [-0.3, -0.25) is 4.79 Å². The highest BCUT2D eigenvalue weighted by Crippen LogP contribution is 2.39. The van der Waals surface area contributed by atoms with E-state index in [2.05, 4.69) is 39.4 Å². The smallest absolute Gasteiger partial charge is 0.234 e. The van der Waals surface area contributed by atoms with Crippen molar-refractivity contribution < 1.29 is 4.79 Å². The second kappa shape index (κ2) is 8.67. The number of hydrogen-bond donors (Lipinski definition) is 1. The van der Waals surface area contributed by atoms with Gasteiger partial charge in [-0.1, -0.05) is 29.5 Å². The maximum atomic E-state index is 12.8. The van der Waals surface area contributed by atoms with Gasteiger partial charge in [0.2, 0.25) is 5.91 Å². The Balaban J connectivity index is 1.33. The van der Waals surface area contributed by atoms with Crippen molar-refractivity contribution in [2.45, 2.75) is 51.5 Å². The maximum Gasteiger partial charge on any atom is 0.234 e. The Morgan fingerprint density at radius 1 is 1.12 bits per heavy atom. The predicted molar refractivity (Wildman–Crippen MR) is 131 cm³/mol. The zero-order chi connectivity index (χ0) is 22.2. The first-order valence-corrected chi connectivity index (χ1v) is 12.6. The summed E-state index contributed by atoms with van der Waals surface area (Å²) in [6.07, 6.45) is 6.28. The summed E-state index contributed by atoms with van der Waals surface area (Å²) in [6, 6.07) is 8.20. The second-order valence-electron chi connectivity index (χ2n) is 8.20. The van der Waals surface area contributed by atoms with Crippen molar-refractivity contribution in [2.75, 3.05) is 11.1 Å². The van der Waals surface area contributed by atoms with E-state index >= 15 is 0 Å². The van der Waals surface area contributed by atoms with Crippen molar-refractivity contribution in [3.05, 3.63) is 58.0 Å². The monoisotopic (exact) mass is 463 g/mol. The lowest BCUT2D eigenvalue weighted by Gasteiger charge is -2.11. The SMILES string of the molecule is Cc1ccc(-n2nc(C)c(NC(=O)CSc3ncnc4sc5c(c34)CCCC5)c2C)cc1. The molecule has 4 aromatic rings. The van der Waals surface area contributed by atoms with Crippen LogP contribution >= 0.6 is 23.1 Å². The standard InChI is InChI=1S/C24H25N5OS2/c1-14-8-10-17(11-9-14)29-16(3)22(15(2)28-29)27-20(30)12-31-23-21-18-6-4-5-7-19(18)32-24(21)26-13-25-23/h8-11,13H,4-7,12H2,1-3H3,(H,27,30). The molecule has 0 saturated carbocycles. The van der Waals surface area contributed by atoms with Crippen molar-refractivity contribution in [3.8, 4) is 5.69 Å². The molecule has 0 aliphatic heterocycles. The normalized spacial score (nSPS) is 13.3. The molecule has 1 aliphatic carbocycles. The number of aryl methyl sites for hydroxylation is 4. The molecule has 0 bridgehead atoms. The summed E-state index contributed by atoms with van der Waals surface area (Å²) < 4.78 is 1.88. The molecule has 164 valence electrons. The fraction of sp³-hybridized carbons (Fsp3) is 0.333. The molecule has 6 nitrogen and oxygen atoms in total. The van der Waals surface area contributed by atoms with Gasteiger partial charge >= 0.3 is 0 Å². The number of carbonyl (C=O) groups excluding carboxylic acids is 1. The highest BCUT2D eigenvalue weighted by atomic mass is 32.2. The Morgan fingerprint density at radius 2 is 1.91 bits per heavy atom. The van der Waals surface area contributed by atoms with Crippen LogP contribution in [0.2, 0.25) is 0 Å². The van der Waals surface area contributed by atoms with Gasteiger partial charge in [-0.2, -0.15) is 5.10 Å². The minimum absolute atomic E-state index is 0.0551. The minimum atomic E-state index is -0.0551. The van der Waals surface area contributed by atoms with E-state index in [-0.39, 0.29) is 5.91 Å². The van der Waals surface area contributed by atoms with Gasteiger partial charge in [0.05, 0.1) is 28.5 Å². The number of amides is 1. The fourth-order valence-electron chi connectivity index (χ4n) is 4.24. The Kier molecular flexibility index (Phi) is 5.73. The van der Waals surface area contributed by atoms with E-state index in [1.165, 1.54) is 40.6 Å². The van der Waals surface area contributed by atoms with Crippen LogP contribution in [0.1, 0.15) is 40.2 Å². The second-order valence-corrected chi connectivity index (χ2v) is 10.2. The molecular formula is C24H25N5OS2. The van der Waals surface area contributed by atoms with Crippen LogP contribution in [0.15, 0.2) is 35.6 Å². The number of thiophene rings is 1. The van der Waals surface area contributed by atoms with Gasteiger partial charge < -0.3 is 5.32 Å². The summed E-state index contributed by atoms with van der Waals surface area (Å²) in [7, 11) is 0. The molecule has 5 rings (SSSR count). The molecule has 1 aromatic carbocycles. The van der Waals surface area contributed by atoms with Crippen LogP contribution in [0.4, 0.5) is 5.69 Å². The van der Waals surface area contributed by atoms with Crippen LogP contribution < -0.4 is 5.32 Å². The number of hydrogen-bond acceptors (Lipinski definition) is 6. The fourth-order valence-corrected chi connectivity index (χ4v) is 6.36. The molecule has 0 saturated heterocycles. The molecule has 0 spiro atoms. The summed E-state index contributed by atoms with van der Waals surface area (Å²) in [4.78, 5) is 24.3. The Morgan fingerprint density at radius 3 is 2.72 bits per heavy atom. The van der Waals surface area contributed by atoms with Crippen LogP contribution in [0, 0.1) is 20.8 Å². The van der Waals surface area contributed by atoms with Gasteiger partial charge in [0.1, 0.15) is 16.2 Å². The van der Waals surface area contributed by atoms with Crippen LogP contribution in [0.5, 0.6) is 0 Å². The third-order valence-electron chi connectivity index (χ3n) is 5.89. The highest BCUT2D eigenvalue weighted by molar-refractivity contribution is 8.00. The van der Waals surface area contributed by atoms with E-state index in [1.807, 2.05) is 30.7 Å². The first kappa shape index (κ1) is 21.2. The molecule has 32 heavy (non-hydrogen) atoms. The Bertz CT molecular complexity index is 1310. The lowest BCUT2D eigenvalue weighted by Crippen LogP contribution is -2.15. The molecule has 3 heterocycles. The summed E-state index contributed by atoms with van der Waals surface area (Å²) >= 11 is 3.27. The summed E-state index contributed by atoms with van der Waals surface area (Å²) in [5, 5.41) is 9.78. The molecule has 1 N–H and O–H groups in total. The first-order valence-electron chi connectivity index (χ1n) is 10.8. The number of benzene rings is 1. The largest absolute Gasteiger partial charge is 0.322 e. The van der Waals surface area contributed by atoms with E-state index in [9.17, 15) is 4.79 Å². The highest BCUT2D eigenvalue weighted by Gasteiger charge is 2.21. The van der Waals surface area contributed by atoms with E-state index in [0.717, 1.165) is 50.8 Å². The zero-order valence-corrected chi connectivity index (χ0v) is 20.1. The zero-order valence-electron chi connectivity index (χ0n) is 18.4. The van der Waals surface area contributed by atoms with E-state index in [1.54, 1.807) is 17.7 Å². The molecule has 1 amide bonds. The lowest BCUT2D eigenvalue weighted by molar-refractivity contribution is -0.113. The quantitative estimate of drug-likeness (QED) is 0.316. The van der Waals surface area contributed by atoms with Crippen LogP contribution in [-0.4, -0.2) is 31.4 Å². The molecule has 0 radical (unpaired) electrons. The lowest BCUT2D eigenvalue weighted by atomic mass is 9.97.